The molecule has 8 atom stereocenters. The standard InChI is InChI=1S/C33H43NO8/c1-9-30(6)17-24(36)33(38)31(7)25(39-18-22-16-23(34-41-22)21-12-10-19(2)11-13-21)14-15-29(4,5)27(31)26(40-20(3)35)28(37)32(33,8)42-30/h9-13,16,25-28,37-38H,1,14-15,17-18H2,2-8H3/t25-,26-,27-,28-,30-,31-,32+,33-/m0/s1. The minimum atomic E-state index is -2.18. The van der Waals surface area contributed by atoms with Crippen LogP contribution in [0.4, 0.5) is 0 Å². The Morgan fingerprint density at radius 3 is 2.48 bits per heavy atom. The molecule has 1 aromatic carbocycles. The predicted molar refractivity (Wildman–Crippen MR) is 154 cm³/mol. The summed E-state index contributed by atoms with van der Waals surface area (Å²) in [6, 6.07) is 9.75. The normalized spacial score (nSPS) is 39.2. The number of carbonyl (C=O) groups is 2. The van der Waals surface area contributed by atoms with Crippen LogP contribution >= 0.6 is 0 Å². The Bertz CT molecular complexity index is 1380. The van der Waals surface area contributed by atoms with Gasteiger partial charge in [-0.25, -0.2) is 0 Å². The molecule has 3 aliphatic rings. The first kappa shape index (κ1) is 30.6. The SMILES string of the molecule is C=C[C@@]1(C)CC(=O)[C@]2(O)[C@@]3(C)[C@@H](OCc4cc(-c5ccc(C)cc5)no4)CCC(C)(C)[C@@H]3[C@H](OC(C)=O)[C@H](O)[C@@]2(C)O1. The second-order valence-corrected chi connectivity index (χ2v) is 13.7. The van der Waals surface area contributed by atoms with Crippen LogP contribution in [-0.4, -0.2) is 62.2 Å². The summed E-state index contributed by atoms with van der Waals surface area (Å²) in [5, 5.41) is 28.9. The molecule has 2 saturated carbocycles. The number of ether oxygens (including phenoxy) is 3. The Balaban J connectivity index is 1.57. The van der Waals surface area contributed by atoms with Crippen molar-refractivity contribution in [2.75, 3.05) is 0 Å². The van der Waals surface area contributed by atoms with Gasteiger partial charge in [-0.2, -0.15) is 0 Å². The van der Waals surface area contributed by atoms with E-state index in [9.17, 15) is 19.8 Å². The number of Topliss-reactive ketones (excluding diaryl/α,β-unsaturated/α-hetero) is 1. The van der Waals surface area contributed by atoms with Gasteiger partial charge in [-0.05, 0) is 39.0 Å². The minimum absolute atomic E-state index is 0.0409. The third kappa shape index (κ3) is 4.39. The molecule has 9 nitrogen and oxygen atoms in total. The number of benzene rings is 1. The highest BCUT2D eigenvalue weighted by molar-refractivity contribution is 5.92. The van der Waals surface area contributed by atoms with E-state index in [1.165, 1.54) is 19.9 Å². The van der Waals surface area contributed by atoms with Crippen LogP contribution in [0.5, 0.6) is 0 Å². The van der Waals surface area contributed by atoms with E-state index in [2.05, 4.69) is 11.7 Å². The number of ketones is 1. The summed E-state index contributed by atoms with van der Waals surface area (Å²) < 4.78 is 24.4. The molecule has 3 fully saturated rings. The molecule has 2 aliphatic carbocycles. The number of fused-ring (bicyclic) bond motifs is 3. The molecule has 0 spiro atoms. The summed E-state index contributed by atoms with van der Waals surface area (Å²) in [7, 11) is 0. The molecule has 0 bridgehead atoms. The lowest BCUT2D eigenvalue weighted by molar-refractivity contribution is -0.373. The lowest BCUT2D eigenvalue weighted by atomic mass is 9.39. The fourth-order valence-electron chi connectivity index (χ4n) is 8.26. The van der Waals surface area contributed by atoms with Gasteiger partial charge >= 0.3 is 5.97 Å². The van der Waals surface area contributed by atoms with Crippen LogP contribution in [0.25, 0.3) is 11.3 Å². The number of esters is 1. The molecule has 228 valence electrons. The number of aryl methyl sites for hydroxylation is 1. The van der Waals surface area contributed by atoms with Crippen LogP contribution in [0.15, 0.2) is 47.5 Å². The van der Waals surface area contributed by atoms with Crippen molar-refractivity contribution in [3.05, 3.63) is 54.3 Å². The molecule has 2 aromatic rings. The number of nitrogens with zero attached hydrogens (tertiary/aromatic N) is 1. The molecule has 1 aromatic heterocycles. The average molecular weight is 582 g/mol. The van der Waals surface area contributed by atoms with E-state index in [-0.39, 0.29) is 13.0 Å². The van der Waals surface area contributed by atoms with Crippen LogP contribution in [0, 0.1) is 23.7 Å². The predicted octanol–water partition coefficient (Wildman–Crippen LogP) is 4.71. The van der Waals surface area contributed by atoms with Crippen molar-refractivity contribution in [1.82, 2.24) is 5.16 Å². The molecular weight excluding hydrogens is 538 g/mol. The maximum Gasteiger partial charge on any atom is 0.303 e. The molecule has 2 heterocycles. The van der Waals surface area contributed by atoms with Gasteiger partial charge in [0.1, 0.15) is 30.1 Å². The van der Waals surface area contributed by atoms with Crippen LogP contribution < -0.4 is 0 Å². The van der Waals surface area contributed by atoms with E-state index in [1.54, 1.807) is 13.8 Å². The molecule has 9 heteroatoms. The summed E-state index contributed by atoms with van der Waals surface area (Å²) in [5.74, 6) is -1.21. The van der Waals surface area contributed by atoms with Crippen molar-refractivity contribution in [3.8, 4) is 11.3 Å². The second kappa shape index (κ2) is 10.1. The molecule has 1 aliphatic heterocycles. The molecular formula is C33H43NO8. The number of aliphatic hydroxyl groups is 2. The van der Waals surface area contributed by atoms with Gasteiger partial charge in [-0.1, -0.05) is 61.8 Å². The summed E-state index contributed by atoms with van der Waals surface area (Å²) >= 11 is 0. The molecule has 2 N–H and O–H groups in total. The first-order valence-electron chi connectivity index (χ1n) is 14.6. The third-order valence-corrected chi connectivity index (χ3v) is 10.3. The van der Waals surface area contributed by atoms with E-state index < -0.39 is 63.6 Å². The highest BCUT2D eigenvalue weighted by Gasteiger charge is 2.81. The van der Waals surface area contributed by atoms with Crippen molar-refractivity contribution in [2.45, 2.75) is 109 Å². The highest BCUT2D eigenvalue weighted by Crippen LogP contribution is 2.67. The van der Waals surface area contributed by atoms with Crippen LogP contribution in [-0.2, 0) is 30.4 Å². The Hall–Kier alpha value is -2.85. The maximum absolute atomic E-state index is 14.2. The van der Waals surface area contributed by atoms with Gasteiger partial charge in [0.25, 0.3) is 0 Å². The number of hydrogen-bond donors (Lipinski definition) is 2. The van der Waals surface area contributed by atoms with E-state index in [0.29, 0.717) is 24.3 Å². The number of carbonyl (C=O) groups excluding carboxylic acids is 2. The van der Waals surface area contributed by atoms with Gasteiger partial charge in [0.2, 0.25) is 0 Å². The Labute approximate surface area is 247 Å². The fourth-order valence-corrected chi connectivity index (χ4v) is 8.26. The molecule has 1 saturated heterocycles. The zero-order valence-corrected chi connectivity index (χ0v) is 25.6. The van der Waals surface area contributed by atoms with Crippen molar-refractivity contribution in [2.24, 2.45) is 16.7 Å². The maximum atomic E-state index is 14.2. The van der Waals surface area contributed by atoms with Gasteiger partial charge in [-0.15, -0.1) is 6.58 Å². The van der Waals surface area contributed by atoms with Crippen LogP contribution in [0.3, 0.4) is 0 Å². The van der Waals surface area contributed by atoms with Gasteiger partial charge in [0, 0.05) is 36.3 Å². The summed E-state index contributed by atoms with van der Waals surface area (Å²) in [5.41, 5.74) is -4.32. The Kier molecular flexibility index (Phi) is 7.37. The lowest BCUT2D eigenvalue weighted by Gasteiger charge is -2.71. The third-order valence-electron chi connectivity index (χ3n) is 10.3. The monoisotopic (exact) mass is 581 g/mol. The lowest BCUT2D eigenvalue weighted by Crippen LogP contribution is -2.86. The number of rotatable bonds is 6. The largest absolute Gasteiger partial charge is 0.459 e. The average Bonchev–Trinajstić information content (AvgIpc) is 3.38. The Morgan fingerprint density at radius 1 is 1.19 bits per heavy atom. The Morgan fingerprint density at radius 2 is 1.86 bits per heavy atom. The first-order valence-corrected chi connectivity index (χ1v) is 14.6. The first-order chi connectivity index (χ1) is 19.5. The van der Waals surface area contributed by atoms with Crippen molar-refractivity contribution in [1.29, 1.82) is 0 Å². The second-order valence-electron chi connectivity index (χ2n) is 13.7. The van der Waals surface area contributed by atoms with E-state index >= 15 is 0 Å². The van der Waals surface area contributed by atoms with Crippen molar-refractivity contribution >= 4 is 11.8 Å². The van der Waals surface area contributed by atoms with Crippen molar-refractivity contribution in [3.63, 3.8) is 0 Å². The molecule has 5 rings (SSSR count). The van der Waals surface area contributed by atoms with E-state index in [0.717, 1.165) is 11.1 Å². The van der Waals surface area contributed by atoms with Gasteiger partial charge in [-0.3, -0.25) is 9.59 Å². The number of aromatic nitrogens is 1. The highest BCUT2D eigenvalue weighted by atomic mass is 16.6. The van der Waals surface area contributed by atoms with E-state index in [1.807, 2.05) is 51.1 Å². The van der Waals surface area contributed by atoms with Gasteiger partial charge in [0.15, 0.2) is 17.1 Å². The van der Waals surface area contributed by atoms with E-state index in [4.69, 9.17) is 18.7 Å². The van der Waals surface area contributed by atoms with Crippen LogP contribution in [0.1, 0.15) is 72.1 Å². The summed E-state index contributed by atoms with van der Waals surface area (Å²) in [6.07, 6.45) is -0.739. The zero-order chi connectivity index (χ0) is 30.9. The van der Waals surface area contributed by atoms with Gasteiger partial charge < -0.3 is 28.9 Å². The minimum Gasteiger partial charge on any atom is -0.459 e. The fraction of sp³-hybridized carbons (Fsp3) is 0.606. The zero-order valence-electron chi connectivity index (χ0n) is 25.6. The quantitative estimate of drug-likeness (QED) is 0.368. The molecule has 0 unspecified atom stereocenters. The molecule has 42 heavy (non-hydrogen) atoms. The number of aliphatic hydroxyl groups excluding tert-OH is 1. The number of hydrogen-bond acceptors (Lipinski definition) is 9. The topological polar surface area (TPSA) is 128 Å². The van der Waals surface area contributed by atoms with Gasteiger partial charge in [0.05, 0.1) is 11.7 Å². The summed E-state index contributed by atoms with van der Waals surface area (Å²) in [4.78, 5) is 26.6. The smallest absolute Gasteiger partial charge is 0.303 e. The summed E-state index contributed by atoms with van der Waals surface area (Å²) in [6.45, 7) is 16.2. The van der Waals surface area contributed by atoms with Crippen molar-refractivity contribution < 1.29 is 38.5 Å². The molecule has 0 amide bonds. The molecule has 0 radical (unpaired) electrons. The van der Waals surface area contributed by atoms with Crippen LogP contribution in [0.2, 0.25) is 0 Å².